The third-order valence-corrected chi connectivity index (χ3v) is 4.73. The molecule has 1 aliphatic heterocycles. The second kappa shape index (κ2) is 6.57. The Hall–Kier alpha value is -1.10. The van der Waals surface area contributed by atoms with Gasteiger partial charge in [0.05, 0.1) is 5.41 Å². The lowest BCUT2D eigenvalue weighted by molar-refractivity contribution is -0.139. The van der Waals surface area contributed by atoms with Gasteiger partial charge in [0, 0.05) is 26.6 Å². The Kier molecular flexibility index (Phi) is 5.02. The molecule has 5 nitrogen and oxygen atoms in total. The van der Waals surface area contributed by atoms with Crippen LogP contribution in [0.25, 0.3) is 0 Å². The number of piperidine rings is 1. The topological polar surface area (TPSA) is 61.4 Å². The Bertz CT molecular complexity index is 356. The molecule has 1 saturated heterocycles. The minimum Gasteiger partial charge on any atom is -0.355 e. The van der Waals surface area contributed by atoms with E-state index in [1.807, 2.05) is 0 Å². The van der Waals surface area contributed by atoms with Crippen molar-refractivity contribution in [1.29, 1.82) is 0 Å². The van der Waals surface area contributed by atoms with Gasteiger partial charge < -0.3 is 15.5 Å². The summed E-state index contributed by atoms with van der Waals surface area (Å²) < 4.78 is 0. The Labute approximate surface area is 121 Å². The molecule has 2 fully saturated rings. The van der Waals surface area contributed by atoms with Gasteiger partial charge in [-0.3, -0.25) is 9.59 Å². The lowest BCUT2D eigenvalue weighted by Crippen LogP contribution is -2.48. The molecule has 0 aromatic rings. The number of amides is 2. The van der Waals surface area contributed by atoms with Gasteiger partial charge in [-0.15, -0.1) is 0 Å². The van der Waals surface area contributed by atoms with Crippen LogP contribution in [-0.4, -0.2) is 50.4 Å². The molecule has 1 heterocycles. The lowest BCUT2D eigenvalue weighted by atomic mass is 9.84. The zero-order valence-electron chi connectivity index (χ0n) is 12.7. The molecule has 0 aromatic heterocycles. The zero-order chi connectivity index (χ0) is 14.6. The summed E-state index contributed by atoms with van der Waals surface area (Å²) in [6, 6.07) is 0. The second-order valence-electron chi connectivity index (χ2n) is 6.43. The standard InChI is InChI=1S/C15H27N3O2/c1-18(2)14(20)15(7-3-4-8-15)11-17-13(19)12-5-9-16-10-6-12/h12,16H,3-11H2,1-2H3,(H,17,19). The summed E-state index contributed by atoms with van der Waals surface area (Å²) in [6.07, 6.45) is 5.78. The average Bonchev–Trinajstić information content (AvgIpc) is 2.94. The van der Waals surface area contributed by atoms with Crippen molar-refractivity contribution >= 4 is 11.8 Å². The molecule has 2 N–H and O–H groups in total. The molecule has 2 amide bonds. The predicted molar refractivity (Wildman–Crippen MR) is 78.2 cm³/mol. The van der Waals surface area contributed by atoms with Crippen LogP contribution in [0.5, 0.6) is 0 Å². The maximum absolute atomic E-state index is 12.4. The fourth-order valence-corrected chi connectivity index (χ4v) is 3.48. The van der Waals surface area contributed by atoms with Gasteiger partial charge in [0.15, 0.2) is 0 Å². The number of rotatable bonds is 4. The van der Waals surface area contributed by atoms with Crippen LogP contribution in [0.2, 0.25) is 0 Å². The summed E-state index contributed by atoms with van der Waals surface area (Å²) in [5, 5.41) is 6.32. The zero-order valence-corrected chi connectivity index (χ0v) is 12.7. The molecule has 2 rings (SSSR count). The molecule has 5 heteroatoms. The van der Waals surface area contributed by atoms with Crippen LogP contribution in [0.1, 0.15) is 38.5 Å². The van der Waals surface area contributed by atoms with Gasteiger partial charge in [-0.05, 0) is 38.8 Å². The molecule has 0 spiro atoms. The van der Waals surface area contributed by atoms with Crippen LogP contribution in [0.15, 0.2) is 0 Å². The molecule has 20 heavy (non-hydrogen) atoms. The van der Waals surface area contributed by atoms with E-state index in [9.17, 15) is 9.59 Å². The van der Waals surface area contributed by atoms with Crippen molar-refractivity contribution < 1.29 is 9.59 Å². The highest BCUT2D eigenvalue weighted by atomic mass is 16.2. The normalized spacial score (nSPS) is 22.5. The van der Waals surface area contributed by atoms with Crippen LogP contribution in [0.4, 0.5) is 0 Å². The minimum atomic E-state index is -0.355. The third kappa shape index (κ3) is 3.32. The van der Waals surface area contributed by atoms with Crippen molar-refractivity contribution in [2.45, 2.75) is 38.5 Å². The molecule has 2 aliphatic rings. The SMILES string of the molecule is CN(C)C(=O)C1(CNC(=O)C2CCNCC2)CCCC1. The van der Waals surface area contributed by atoms with E-state index in [0.29, 0.717) is 6.54 Å². The highest BCUT2D eigenvalue weighted by Crippen LogP contribution is 2.39. The lowest BCUT2D eigenvalue weighted by Gasteiger charge is -2.32. The van der Waals surface area contributed by atoms with E-state index in [2.05, 4.69) is 10.6 Å². The minimum absolute atomic E-state index is 0.115. The molecule has 1 aliphatic carbocycles. The van der Waals surface area contributed by atoms with Crippen molar-refractivity contribution in [2.24, 2.45) is 11.3 Å². The van der Waals surface area contributed by atoms with E-state index in [0.717, 1.165) is 51.6 Å². The van der Waals surface area contributed by atoms with E-state index in [-0.39, 0.29) is 23.1 Å². The summed E-state index contributed by atoms with van der Waals surface area (Å²) in [4.78, 5) is 26.3. The molecular formula is C15H27N3O2. The van der Waals surface area contributed by atoms with Crippen molar-refractivity contribution in [3.63, 3.8) is 0 Å². The van der Waals surface area contributed by atoms with Gasteiger partial charge in [-0.2, -0.15) is 0 Å². The van der Waals surface area contributed by atoms with Crippen molar-refractivity contribution in [1.82, 2.24) is 15.5 Å². The average molecular weight is 281 g/mol. The van der Waals surface area contributed by atoms with E-state index in [4.69, 9.17) is 0 Å². The predicted octanol–water partition coefficient (Wildman–Crippen LogP) is 0.751. The van der Waals surface area contributed by atoms with Crippen LogP contribution in [0.3, 0.4) is 0 Å². The number of hydrogen-bond acceptors (Lipinski definition) is 3. The van der Waals surface area contributed by atoms with E-state index in [1.165, 1.54) is 0 Å². The van der Waals surface area contributed by atoms with Gasteiger partial charge in [-0.1, -0.05) is 12.8 Å². The molecule has 0 aromatic carbocycles. The molecule has 1 saturated carbocycles. The maximum Gasteiger partial charge on any atom is 0.230 e. The third-order valence-electron chi connectivity index (χ3n) is 4.73. The van der Waals surface area contributed by atoms with Crippen LogP contribution in [0, 0.1) is 11.3 Å². The van der Waals surface area contributed by atoms with Crippen LogP contribution >= 0.6 is 0 Å². The Morgan fingerprint density at radius 3 is 2.35 bits per heavy atom. The van der Waals surface area contributed by atoms with Crippen molar-refractivity contribution in [3.8, 4) is 0 Å². The van der Waals surface area contributed by atoms with E-state index >= 15 is 0 Å². The van der Waals surface area contributed by atoms with Crippen LogP contribution in [-0.2, 0) is 9.59 Å². The quantitative estimate of drug-likeness (QED) is 0.799. The van der Waals surface area contributed by atoms with Crippen LogP contribution < -0.4 is 10.6 Å². The summed E-state index contributed by atoms with van der Waals surface area (Å²) in [7, 11) is 3.61. The smallest absolute Gasteiger partial charge is 0.230 e. The maximum atomic E-state index is 12.4. The molecule has 0 bridgehead atoms. The Morgan fingerprint density at radius 2 is 1.80 bits per heavy atom. The Morgan fingerprint density at radius 1 is 1.20 bits per heavy atom. The molecule has 0 unspecified atom stereocenters. The first kappa shape index (κ1) is 15.3. The monoisotopic (exact) mass is 281 g/mol. The highest BCUT2D eigenvalue weighted by molar-refractivity contribution is 5.84. The largest absolute Gasteiger partial charge is 0.355 e. The van der Waals surface area contributed by atoms with Gasteiger partial charge in [0.1, 0.15) is 0 Å². The van der Waals surface area contributed by atoms with Crippen molar-refractivity contribution in [2.75, 3.05) is 33.7 Å². The second-order valence-corrected chi connectivity index (χ2v) is 6.43. The number of carbonyl (C=O) groups is 2. The van der Waals surface area contributed by atoms with Gasteiger partial charge in [0.25, 0.3) is 0 Å². The molecule has 0 radical (unpaired) electrons. The first-order valence-electron chi connectivity index (χ1n) is 7.75. The Balaban J connectivity index is 1.92. The summed E-state index contributed by atoms with van der Waals surface area (Å²) in [6.45, 7) is 2.34. The molecular weight excluding hydrogens is 254 g/mol. The number of hydrogen-bond donors (Lipinski definition) is 2. The van der Waals surface area contributed by atoms with E-state index in [1.54, 1.807) is 19.0 Å². The number of carbonyl (C=O) groups excluding carboxylic acids is 2. The highest BCUT2D eigenvalue weighted by Gasteiger charge is 2.42. The number of nitrogens with zero attached hydrogens (tertiary/aromatic N) is 1. The van der Waals surface area contributed by atoms with Crippen molar-refractivity contribution in [3.05, 3.63) is 0 Å². The summed E-state index contributed by atoms with van der Waals surface area (Å²) in [5.74, 6) is 0.411. The first-order chi connectivity index (χ1) is 9.55. The number of nitrogens with one attached hydrogen (secondary N) is 2. The summed E-state index contributed by atoms with van der Waals surface area (Å²) >= 11 is 0. The summed E-state index contributed by atoms with van der Waals surface area (Å²) in [5.41, 5.74) is -0.355. The fraction of sp³-hybridized carbons (Fsp3) is 0.867. The molecule has 0 atom stereocenters. The van der Waals surface area contributed by atoms with Gasteiger partial charge in [-0.25, -0.2) is 0 Å². The van der Waals surface area contributed by atoms with Gasteiger partial charge in [0.2, 0.25) is 11.8 Å². The van der Waals surface area contributed by atoms with Gasteiger partial charge >= 0.3 is 0 Å². The molecule has 114 valence electrons. The van der Waals surface area contributed by atoms with E-state index < -0.39 is 0 Å². The first-order valence-corrected chi connectivity index (χ1v) is 7.75. The fourth-order valence-electron chi connectivity index (χ4n) is 3.48.